The van der Waals surface area contributed by atoms with Crippen molar-refractivity contribution in [3.63, 3.8) is 0 Å². The van der Waals surface area contributed by atoms with Crippen LogP contribution in [-0.2, 0) is 9.53 Å². The van der Waals surface area contributed by atoms with E-state index in [2.05, 4.69) is 5.32 Å². The molecular formula is C16H25NO4. The van der Waals surface area contributed by atoms with Crippen LogP contribution in [0.5, 0.6) is 5.75 Å². The SMILES string of the molecule is CCOCCCNC(C(=O)O)c1cccc(OC(C)C)c1. The van der Waals surface area contributed by atoms with Crippen molar-refractivity contribution in [2.45, 2.75) is 39.3 Å². The number of carboxylic acid groups (broad SMARTS) is 1. The monoisotopic (exact) mass is 295 g/mol. The van der Waals surface area contributed by atoms with Crippen molar-refractivity contribution in [2.75, 3.05) is 19.8 Å². The summed E-state index contributed by atoms with van der Waals surface area (Å²) in [7, 11) is 0. The highest BCUT2D eigenvalue weighted by atomic mass is 16.5. The van der Waals surface area contributed by atoms with E-state index >= 15 is 0 Å². The van der Waals surface area contributed by atoms with Gasteiger partial charge in [0.1, 0.15) is 11.8 Å². The number of aliphatic carboxylic acids is 1. The first-order valence-electron chi connectivity index (χ1n) is 7.35. The molecule has 0 saturated carbocycles. The molecule has 0 aliphatic heterocycles. The van der Waals surface area contributed by atoms with E-state index in [1.807, 2.05) is 32.9 Å². The lowest BCUT2D eigenvalue weighted by Gasteiger charge is -2.17. The average Bonchev–Trinajstić information content (AvgIpc) is 2.42. The Morgan fingerprint density at radius 1 is 1.38 bits per heavy atom. The predicted octanol–water partition coefficient (Wildman–Crippen LogP) is 2.62. The summed E-state index contributed by atoms with van der Waals surface area (Å²) in [5, 5.41) is 12.4. The van der Waals surface area contributed by atoms with E-state index in [-0.39, 0.29) is 6.10 Å². The molecule has 0 fully saturated rings. The van der Waals surface area contributed by atoms with E-state index in [0.717, 1.165) is 6.42 Å². The fourth-order valence-electron chi connectivity index (χ4n) is 1.95. The molecular weight excluding hydrogens is 270 g/mol. The van der Waals surface area contributed by atoms with E-state index < -0.39 is 12.0 Å². The first kappa shape index (κ1) is 17.5. The Morgan fingerprint density at radius 3 is 2.76 bits per heavy atom. The molecule has 21 heavy (non-hydrogen) atoms. The minimum Gasteiger partial charge on any atom is -0.491 e. The summed E-state index contributed by atoms with van der Waals surface area (Å²) in [6, 6.07) is 6.47. The van der Waals surface area contributed by atoms with Gasteiger partial charge in [-0.25, -0.2) is 0 Å². The van der Waals surface area contributed by atoms with Gasteiger partial charge in [-0.3, -0.25) is 4.79 Å². The van der Waals surface area contributed by atoms with E-state index in [9.17, 15) is 9.90 Å². The number of carboxylic acids is 1. The van der Waals surface area contributed by atoms with Crippen molar-refractivity contribution in [3.05, 3.63) is 29.8 Å². The Morgan fingerprint density at radius 2 is 2.14 bits per heavy atom. The minimum absolute atomic E-state index is 0.0580. The highest BCUT2D eigenvalue weighted by molar-refractivity contribution is 5.75. The van der Waals surface area contributed by atoms with Crippen LogP contribution in [0.2, 0.25) is 0 Å². The Balaban J connectivity index is 2.65. The largest absolute Gasteiger partial charge is 0.491 e. The van der Waals surface area contributed by atoms with Gasteiger partial charge in [-0.05, 0) is 51.4 Å². The lowest BCUT2D eigenvalue weighted by Crippen LogP contribution is -2.29. The van der Waals surface area contributed by atoms with Crippen LogP contribution < -0.4 is 10.1 Å². The number of ether oxygens (including phenoxy) is 2. The third kappa shape index (κ3) is 6.60. The molecule has 118 valence electrons. The summed E-state index contributed by atoms with van der Waals surface area (Å²) in [5.74, 6) is -0.210. The third-order valence-electron chi connectivity index (χ3n) is 2.83. The van der Waals surface area contributed by atoms with Crippen LogP contribution >= 0.6 is 0 Å². The molecule has 5 nitrogen and oxygen atoms in total. The molecule has 0 saturated heterocycles. The first-order valence-corrected chi connectivity index (χ1v) is 7.35. The second-order valence-electron chi connectivity index (χ2n) is 5.01. The molecule has 0 aliphatic carbocycles. The molecule has 0 radical (unpaired) electrons. The van der Waals surface area contributed by atoms with E-state index in [1.165, 1.54) is 0 Å². The highest BCUT2D eigenvalue weighted by Crippen LogP contribution is 2.20. The zero-order valence-electron chi connectivity index (χ0n) is 13.0. The van der Waals surface area contributed by atoms with Gasteiger partial charge in [0.2, 0.25) is 0 Å². The maximum absolute atomic E-state index is 11.4. The van der Waals surface area contributed by atoms with Crippen molar-refractivity contribution in [3.8, 4) is 5.75 Å². The molecule has 0 bridgehead atoms. The molecule has 0 aromatic heterocycles. The number of hydrogen-bond donors (Lipinski definition) is 2. The summed E-state index contributed by atoms with van der Waals surface area (Å²) >= 11 is 0. The Hall–Kier alpha value is -1.59. The molecule has 1 atom stereocenters. The molecule has 0 heterocycles. The van der Waals surface area contributed by atoms with Gasteiger partial charge in [0.15, 0.2) is 0 Å². The molecule has 1 aromatic carbocycles. The van der Waals surface area contributed by atoms with E-state index in [4.69, 9.17) is 9.47 Å². The number of carbonyl (C=O) groups is 1. The van der Waals surface area contributed by atoms with Gasteiger partial charge in [0.05, 0.1) is 6.10 Å². The molecule has 5 heteroatoms. The molecule has 2 N–H and O–H groups in total. The molecule has 1 unspecified atom stereocenters. The Bertz CT molecular complexity index is 434. The van der Waals surface area contributed by atoms with Crippen molar-refractivity contribution in [1.82, 2.24) is 5.32 Å². The van der Waals surface area contributed by atoms with Crippen LogP contribution in [0.4, 0.5) is 0 Å². The van der Waals surface area contributed by atoms with Crippen LogP contribution in [0.25, 0.3) is 0 Å². The maximum Gasteiger partial charge on any atom is 0.325 e. The van der Waals surface area contributed by atoms with Crippen LogP contribution in [0, 0.1) is 0 Å². The number of hydrogen-bond acceptors (Lipinski definition) is 4. The van der Waals surface area contributed by atoms with E-state index in [0.29, 0.717) is 31.1 Å². The van der Waals surface area contributed by atoms with Crippen LogP contribution in [0.1, 0.15) is 38.8 Å². The summed E-state index contributed by atoms with van der Waals surface area (Å²) in [6.45, 7) is 7.71. The Labute approximate surface area is 126 Å². The average molecular weight is 295 g/mol. The van der Waals surface area contributed by atoms with E-state index in [1.54, 1.807) is 12.1 Å². The molecule has 1 aromatic rings. The molecule has 0 aliphatic rings. The molecule has 0 spiro atoms. The fraction of sp³-hybridized carbons (Fsp3) is 0.562. The van der Waals surface area contributed by atoms with Crippen molar-refractivity contribution in [2.24, 2.45) is 0 Å². The van der Waals surface area contributed by atoms with Gasteiger partial charge in [-0.1, -0.05) is 12.1 Å². The van der Waals surface area contributed by atoms with Gasteiger partial charge >= 0.3 is 5.97 Å². The standard InChI is InChI=1S/C16H25NO4/c1-4-20-10-6-9-17-15(16(18)19)13-7-5-8-14(11-13)21-12(2)3/h5,7-8,11-12,15,17H,4,6,9-10H2,1-3H3,(H,18,19). The zero-order chi connectivity index (χ0) is 15.7. The summed E-state index contributed by atoms with van der Waals surface area (Å²) in [4.78, 5) is 11.4. The summed E-state index contributed by atoms with van der Waals surface area (Å²) in [6.07, 6.45) is 0.836. The quantitative estimate of drug-likeness (QED) is 0.649. The lowest BCUT2D eigenvalue weighted by molar-refractivity contribution is -0.139. The summed E-state index contributed by atoms with van der Waals surface area (Å²) < 4.78 is 10.8. The van der Waals surface area contributed by atoms with Crippen LogP contribution in [0.3, 0.4) is 0 Å². The van der Waals surface area contributed by atoms with Crippen LogP contribution in [0.15, 0.2) is 24.3 Å². The van der Waals surface area contributed by atoms with Gasteiger partial charge < -0.3 is 19.9 Å². The van der Waals surface area contributed by atoms with Gasteiger partial charge in [0.25, 0.3) is 0 Å². The minimum atomic E-state index is -0.895. The first-order chi connectivity index (χ1) is 10.0. The Kier molecular flexibility index (Phi) is 7.79. The van der Waals surface area contributed by atoms with Gasteiger partial charge in [-0.2, -0.15) is 0 Å². The smallest absolute Gasteiger partial charge is 0.325 e. The van der Waals surface area contributed by atoms with Crippen molar-refractivity contribution >= 4 is 5.97 Å². The van der Waals surface area contributed by atoms with Crippen LogP contribution in [-0.4, -0.2) is 36.9 Å². The van der Waals surface area contributed by atoms with Gasteiger partial charge in [0, 0.05) is 13.2 Å². The normalized spacial score (nSPS) is 12.4. The van der Waals surface area contributed by atoms with Gasteiger partial charge in [-0.15, -0.1) is 0 Å². The second kappa shape index (κ2) is 9.37. The van der Waals surface area contributed by atoms with Crippen molar-refractivity contribution in [1.29, 1.82) is 0 Å². The number of benzene rings is 1. The second-order valence-corrected chi connectivity index (χ2v) is 5.01. The molecule has 1 rings (SSSR count). The fourth-order valence-corrected chi connectivity index (χ4v) is 1.95. The lowest BCUT2D eigenvalue weighted by atomic mass is 10.1. The third-order valence-corrected chi connectivity index (χ3v) is 2.83. The maximum atomic E-state index is 11.4. The highest BCUT2D eigenvalue weighted by Gasteiger charge is 2.19. The molecule has 0 amide bonds. The topological polar surface area (TPSA) is 67.8 Å². The zero-order valence-corrected chi connectivity index (χ0v) is 13.0. The number of rotatable bonds is 10. The summed E-state index contributed by atoms with van der Waals surface area (Å²) in [5.41, 5.74) is 0.692. The number of nitrogens with one attached hydrogen (secondary N) is 1. The predicted molar refractivity (Wildman–Crippen MR) is 81.7 cm³/mol. The van der Waals surface area contributed by atoms with Crippen molar-refractivity contribution < 1.29 is 19.4 Å².